The van der Waals surface area contributed by atoms with E-state index in [9.17, 15) is 0 Å². The van der Waals surface area contributed by atoms with Gasteiger partial charge in [0.05, 0.1) is 24.4 Å². The highest BCUT2D eigenvalue weighted by molar-refractivity contribution is 5.59. The lowest BCUT2D eigenvalue weighted by molar-refractivity contribution is 0.374. The Bertz CT molecular complexity index is 650. The van der Waals surface area contributed by atoms with Crippen molar-refractivity contribution in [3.63, 3.8) is 0 Å². The summed E-state index contributed by atoms with van der Waals surface area (Å²) in [6.45, 7) is 0. The number of methoxy groups -OCH3 is 1. The number of nitrogen functional groups attached to an aromatic ring is 2. The molecule has 1 heterocycles. The van der Waals surface area contributed by atoms with Gasteiger partial charge in [-0.1, -0.05) is 0 Å². The van der Waals surface area contributed by atoms with Crippen molar-refractivity contribution in [2.75, 3.05) is 18.6 Å². The van der Waals surface area contributed by atoms with Gasteiger partial charge in [-0.05, 0) is 18.2 Å². The number of hydrogen-bond acceptors (Lipinski definition) is 6. The molecule has 2 rings (SSSR count). The third kappa shape index (κ3) is 2.66. The van der Waals surface area contributed by atoms with E-state index in [1.54, 1.807) is 30.3 Å². The predicted octanol–water partition coefficient (Wildman–Crippen LogP) is 1.92. The SMILES string of the molecule is COc1cc(C#N)ccc1Oc1ccc(N)c(N)n1. The molecule has 1 aromatic heterocycles. The second-order valence-corrected chi connectivity index (χ2v) is 3.70. The highest BCUT2D eigenvalue weighted by atomic mass is 16.5. The number of anilines is 2. The van der Waals surface area contributed by atoms with Crippen LogP contribution in [0.5, 0.6) is 17.4 Å². The second-order valence-electron chi connectivity index (χ2n) is 3.70. The number of nitrogens with two attached hydrogens (primary N) is 2. The van der Waals surface area contributed by atoms with Gasteiger partial charge in [-0.3, -0.25) is 0 Å². The van der Waals surface area contributed by atoms with Crippen LogP contribution in [0.15, 0.2) is 30.3 Å². The zero-order valence-electron chi connectivity index (χ0n) is 10.3. The summed E-state index contributed by atoms with van der Waals surface area (Å²) < 4.78 is 10.7. The molecule has 0 atom stereocenters. The minimum absolute atomic E-state index is 0.199. The average molecular weight is 256 g/mol. The van der Waals surface area contributed by atoms with Crippen molar-refractivity contribution in [2.45, 2.75) is 0 Å². The highest BCUT2D eigenvalue weighted by Gasteiger charge is 2.08. The van der Waals surface area contributed by atoms with E-state index in [1.165, 1.54) is 7.11 Å². The van der Waals surface area contributed by atoms with E-state index < -0.39 is 0 Å². The third-order valence-corrected chi connectivity index (χ3v) is 2.44. The number of benzene rings is 1. The van der Waals surface area contributed by atoms with Crippen LogP contribution in [-0.2, 0) is 0 Å². The molecule has 0 aliphatic heterocycles. The Labute approximate surface area is 110 Å². The molecule has 6 heteroatoms. The maximum Gasteiger partial charge on any atom is 0.221 e. The normalized spacial score (nSPS) is 9.68. The van der Waals surface area contributed by atoms with E-state index in [0.29, 0.717) is 28.6 Å². The van der Waals surface area contributed by atoms with Gasteiger partial charge in [0, 0.05) is 12.1 Å². The Morgan fingerprint density at radius 1 is 1.16 bits per heavy atom. The van der Waals surface area contributed by atoms with Crippen molar-refractivity contribution in [1.82, 2.24) is 4.98 Å². The number of ether oxygens (including phenoxy) is 2. The number of hydrogen-bond donors (Lipinski definition) is 2. The Hall–Kier alpha value is -2.94. The number of nitriles is 1. The molecule has 0 fully saturated rings. The Morgan fingerprint density at radius 2 is 1.95 bits per heavy atom. The monoisotopic (exact) mass is 256 g/mol. The van der Waals surface area contributed by atoms with Crippen LogP contribution in [0.3, 0.4) is 0 Å². The van der Waals surface area contributed by atoms with E-state index in [0.717, 1.165) is 0 Å². The second kappa shape index (κ2) is 5.14. The molecule has 0 amide bonds. The summed E-state index contributed by atoms with van der Waals surface area (Å²) in [6.07, 6.45) is 0. The maximum absolute atomic E-state index is 8.82. The maximum atomic E-state index is 8.82. The first-order chi connectivity index (χ1) is 9.13. The van der Waals surface area contributed by atoms with Crippen molar-refractivity contribution in [1.29, 1.82) is 5.26 Å². The summed E-state index contributed by atoms with van der Waals surface area (Å²) in [7, 11) is 1.49. The Kier molecular flexibility index (Phi) is 3.39. The molecule has 96 valence electrons. The fraction of sp³-hybridized carbons (Fsp3) is 0.0769. The molecule has 0 spiro atoms. The number of rotatable bonds is 3. The summed E-state index contributed by atoms with van der Waals surface area (Å²) in [5, 5.41) is 8.82. The molecule has 1 aromatic carbocycles. The zero-order valence-corrected chi connectivity index (χ0v) is 10.3. The van der Waals surface area contributed by atoms with Gasteiger partial charge in [0.25, 0.3) is 0 Å². The van der Waals surface area contributed by atoms with Crippen molar-refractivity contribution in [3.8, 4) is 23.4 Å². The molecule has 0 radical (unpaired) electrons. The van der Waals surface area contributed by atoms with Crippen molar-refractivity contribution in [3.05, 3.63) is 35.9 Å². The lowest BCUT2D eigenvalue weighted by Gasteiger charge is -2.10. The van der Waals surface area contributed by atoms with Crippen molar-refractivity contribution < 1.29 is 9.47 Å². The summed E-state index contributed by atoms with van der Waals surface area (Å²) >= 11 is 0. The molecule has 0 aliphatic rings. The zero-order chi connectivity index (χ0) is 13.8. The van der Waals surface area contributed by atoms with Gasteiger partial charge in [-0.15, -0.1) is 0 Å². The van der Waals surface area contributed by atoms with Gasteiger partial charge in [-0.25, -0.2) is 0 Å². The molecule has 0 saturated heterocycles. The molecule has 0 unspecified atom stereocenters. The number of nitrogens with zero attached hydrogens (tertiary/aromatic N) is 2. The summed E-state index contributed by atoms with van der Waals surface area (Å²) in [5.41, 5.74) is 12.0. The summed E-state index contributed by atoms with van der Waals surface area (Å²) in [4.78, 5) is 4.00. The molecule has 0 bridgehead atoms. The first-order valence-electron chi connectivity index (χ1n) is 5.42. The van der Waals surface area contributed by atoms with E-state index in [-0.39, 0.29) is 5.82 Å². The van der Waals surface area contributed by atoms with Gasteiger partial charge < -0.3 is 20.9 Å². The van der Waals surface area contributed by atoms with Crippen molar-refractivity contribution in [2.24, 2.45) is 0 Å². The third-order valence-electron chi connectivity index (χ3n) is 2.44. The van der Waals surface area contributed by atoms with E-state index in [1.807, 2.05) is 6.07 Å². The van der Waals surface area contributed by atoms with E-state index >= 15 is 0 Å². The number of pyridine rings is 1. The van der Waals surface area contributed by atoms with Crippen LogP contribution in [0.2, 0.25) is 0 Å². The smallest absolute Gasteiger partial charge is 0.221 e. The van der Waals surface area contributed by atoms with Gasteiger partial charge in [0.1, 0.15) is 0 Å². The van der Waals surface area contributed by atoms with Gasteiger partial charge in [-0.2, -0.15) is 10.2 Å². The molecular formula is C13H12N4O2. The van der Waals surface area contributed by atoms with Gasteiger partial charge in [0.15, 0.2) is 17.3 Å². The van der Waals surface area contributed by atoms with Gasteiger partial charge in [0.2, 0.25) is 5.88 Å². The van der Waals surface area contributed by atoms with Crippen LogP contribution in [0, 0.1) is 11.3 Å². The molecular weight excluding hydrogens is 244 g/mol. The first kappa shape index (κ1) is 12.5. The highest BCUT2D eigenvalue weighted by Crippen LogP contribution is 2.32. The molecule has 4 N–H and O–H groups in total. The fourth-order valence-corrected chi connectivity index (χ4v) is 1.46. The van der Waals surface area contributed by atoms with Crippen LogP contribution in [0.1, 0.15) is 5.56 Å². The minimum atomic E-state index is 0.199. The van der Waals surface area contributed by atoms with E-state index in [4.69, 9.17) is 26.2 Å². The van der Waals surface area contributed by atoms with Crippen LogP contribution in [-0.4, -0.2) is 12.1 Å². The topological polar surface area (TPSA) is 107 Å². The van der Waals surface area contributed by atoms with Crippen LogP contribution in [0.25, 0.3) is 0 Å². The van der Waals surface area contributed by atoms with Gasteiger partial charge >= 0.3 is 0 Å². The molecule has 19 heavy (non-hydrogen) atoms. The Morgan fingerprint density at radius 3 is 2.58 bits per heavy atom. The van der Waals surface area contributed by atoms with Crippen LogP contribution >= 0.6 is 0 Å². The largest absolute Gasteiger partial charge is 0.493 e. The van der Waals surface area contributed by atoms with Crippen LogP contribution in [0.4, 0.5) is 11.5 Å². The minimum Gasteiger partial charge on any atom is -0.493 e. The lowest BCUT2D eigenvalue weighted by atomic mass is 10.2. The molecule has 0 aliphatic carbocycles. The molecule has 2 aromatic rings. The van der Waals surface area contributed by atoms with E-state index in [2.05, 4.69) is 4.98 Å². The van der Waals surface area contributed by atoms with Crippen molar-refractivity contribution >= 4 is 11.5 Å². The molecule has 0 saturated carbocycles. The first-order valence-corrected chi connectivity index (χ1v) is 5.42. The molecule has 6 nitrogen and oxygen atoms in total. The summed E-state index contributed by atoms with van der Waals surface area (Å²) in [6, 6.07) is 10.1. The fourth-order valence-electron chi connectivity index (χ4n) is 1.46. The summed E-state index contributed by atoms with van der Waals surface area (Å²) in [5.74, 6) is 1.38. The Balaban J connectivity index is 2.32. The average Bonchev–Trinajstić information content (AvgIpc) is 2.43. The standard InChI is InChI=1S/C13H12N4O2/c1-18-11-6-8(7-14)2-4-10(11)19-12-5-3-9(15)13(16)17-12/h2-6H,15H2,1H3,(H2,16,17). The number of aromatic nitrogens is 1. The predicted molar refractivity (Wildman–Crippen MR) is 70.8 cm³/mol. The lowest BCUT2D eigenvalue weighted by Crippen LogP contribution is -1.99. The van der Waals surface area contributed by atoms with Crippen LogP contribution < -0.4 is 20.9 Å². The quantitative estimate of drug-likeness (QED) is 0.868.